The van der Waals surface area contributed by atoms with Crippen molar-refractivity contribution < 1.29 is 14.0 Å². The summed E-state index contributed by atoms with van der Waals surface area (Å²) in [6.45, 7) is 1.68. The van der Waals surface area contributed by atoms with Gasteiger partial charge in [0.25, 0.3) is 5.91 Å². The molecule has 0 atom stereocenters. The van der Waals surface area contributed by atoms with Crippen molar-refractivity contribution >= 4 is 17.5 Å². The highest BCUT2D eigenvalue weighted by Gasteiger charge is 2.18. The van der Waals surface area contributed by atoms with Crippen molar-refractivity contribution in [1.29, 1.82) is 0 Å². The number of halogens is 1. The summed E-state index contributed by atoms with van der Waals surface area (Å²) in [6, 6.07) is 22.6. The quantitative estimate of drug-likeness (QED) is 0.557. The molecule has 0 aromatic heterocycles. The molecule has 2 amide bonds. The lowest BCUT2D eigenvalue weighted by Crippen LogP contribution is -2.32. The van der Waals surface area contributed by atoms with Crippen LogP contribution < -0.4 is 10.2 Å². The summed E-state index contributed by atoms with van der Waals surface area (Å²) < 4.78 is 13.3. The number of anilines is 1. The highest BCUT2D eigenvalue weighted by molar-refractivity contribution is 6.06. The number of likely N-dealkylation sites (N-methyl/N-ethyl adjacent to an activating group) is 1. The van der Waals surface area contributed by atoms with Crippen molar-refractivity contribution in [3.05, 3.63) is 101 Å². The highest BCUT2D eigenvalue weighted by Crippen LogP contribution is 2.21. The molecular weight excluding hydrogens is 405 g/mol. The van der Waals surface area contributed by atoms with Gasteiger partial charge in [-0.15, -0.1) is 0 Å². The van der Waals surface area contributed by atoms with E-state index in [2.05, 4.69) is 5.32 Å². The van der Waals surface area contributed by atoms with E-state index in [1.165, 1.54) is 12.1 Å². The van der Waals surface area contributed by atoms with E-state index < -0.39 is 0 Å². The fourth-order valence-electron chi connectivity index (χ4n) is 3.25. The lowest BCUT2D eigenvalue weighted by Gasteiger charge is -2.23. The molecule has 3 aromatic carbocycles. The SMILES string of the molecule is CN(C)CCNC(=O)Cc1ccc(N(Cc2ccc(F)cc2)C(=O)c2ccccc2)cc1. The minimum atomic E-state index is -0.317. The molecule has 0 saturated heterocycles. The molecule has 6 heteroatoms. The molecule has 0 radical (unpaired) electrons. The van der Waals surface area contributed by atoms with Crippen LogP contribution in [0.15, 0.2) is 78.9 Å². The van der Waals surface area contributed by atoms with Crippen LogP contribution in [0.25, 0.3) is 0 Å². The Bertz CT molecular complexity index is 1020. The van der Waals surface area contributed by atoms with Gasteiger partial charge in [-0.1, -0.05) is 42.5 Å². The van der Waals surface area contributed by atoms with Gasteiger partial charge in [0.1, 0.15) is 5.82 Å². The molecule has 3 aromatic rings. The van der Waals surface area contributed by atoms with Gasteiger partial charge in [-0.2, -0.15) is 0 Å². The second kappa shape index (κ2) is 11.2. The monoisotopic (exact) mass is 433 g/mol. The van der Waals surface area contributed by atoms with Crippen LogP contribution in [0.3, 0.4) is 0 Å². The number of hydrogen-bond donors (Lipinski definition) is 1. The number of carbonyl (C=O) groups is 2. The van der Waals surface area contributed by atoms with Gasteiger partial charge in [-0.05, 0) is 61.6 Å². The Balaban J connectivity index is 1.76. The van der Waals surface area contributed by atoms with Crippen molar-refractivity contribution in [2.24, 2.45) is 0 Å². The molecule has 0 saturated carbocycles. The Hall–Kier alpha value is -3.51. The minimum Gasteiger partial charge on any atom is -0.355 e. The van der Waals surface area contributed by atoms with Crippen molar-refractivity contribution in [3.63, 3.8) is 0 Å². The molecule has 1 N–H and O–H groups in total. The molecule has 166 valence electrons. The third kappa shape index (κ3) is 6.75. The van der Waals surface area contributed by atoms with Crippen LogP contribution in [0.4, 0.5) is 10.1 Å². The standard InChI is InChI=1S/C26H28FN3O2/c1-29(2)17-16-28-25(31)18-20-10-14-24(15-11-20)30(19-21-8-12-23(27)13-9-21)26(32)22-6-4-3-5-7-22/h3-15H,16-19H2,1-2H3,(H,28,31). The van der Waals surface area contributed by atoms with Crippen LogP contribution >= 0.6 is 0 Å². The van der Waals surface area contributed by atoms with Crippen LogP contribution in [0, 0.1) is 5.82 Å². The zero-order chi connectivity index (χ0) is 22.9. The number of rotatable bonds is 9. The van der Waals surface area contributed by atoms with Crippen molar-refractivity contribution in [1.82, 2.24) is 10.2 Å². The first-order valence-electron chi connectivity index (χ1n) is 10.5. The number of carbonyl (C=O) groups excluding carboxylic acids is 2. The number of hydrogen-bond acceptors (Lipinski definition) is 3. The van der Waals surface area contributed by atoms with E-state index in [4.69, 9.17) is 0 Å². The predicted molar refractivity (Wildman–Crippen MR) is 125 cm³/mol. The maximum absolute atomic E-state index is 13.3. The molecule has 0 heterocycles. The van der Waals surface area contributed by atoms with Gasteiger partial charge < -0.3 is 15.1 Å². The summed E-state index contributed by atoms with van der Waals surface area (Å²) in [6.07, 6.45) is 0.276. The normalized spacial score (nSPS) is 10.8. The Morgan fingerprint density at radius 2 is 1.47 bits per heavy atom. The summed E-state index contributed by atoms with van der Waals surface area (Å²) in [5.74, 6) is -0.505. The Morgan fingerprint density at radius 3 is 2.09 bits per heavy atom. The largest absolute Gasteiger partial charge is 0.355 e. The Kier molecular flexibility index (Phi) is 8.11. The van der Waals surface area contributed by atoms with Gasteiger partial charge in [0, 0.05) is 24.3 Å². The number of benzene rings is 3. The Labute approximate surface area is 188 Å². The summed E-state index contributed by atoms with van der Waals surface area (Å²) in [7, 11) is 3.92. The lowest BCUT2D eigenvalue weighted by atomic mass is 10.1. The number of amides is 2. The molecule has 0 bridgehead atoms. The molecule has 0 fully saturated rings. The second-order valence-electron chi connectivity index (χ2n) is 7.88. The van der Waals surface area contributed by atoms with E-state index in [1.54, 1.807) is 29.2 Å². The van der Waals surface area contributed by atoms with Crippen LogP contribution in [0.1, 0.15) is 21.5 Å². The van der Waals surface area contributed by atoms with E-state index in [-0.39, 0.29) is 24.1 Å². The maximum Gasteiger partial charge on any atom is 0.258 e. The van der Waals surface area contributed by atoms with E-state index in [9.17, 15) is 14.0 Å². The Morgan fingerprint density at radius 1 is 0.844 bits per heavy atom. The molecule has 0 aliphatic rings. The second-order valence-corrected chi connectivity index (χ2v) is 7.88. The topological polar surface area (TPSA) is 52.7 Å². The lowest BCUT2D eigenvalue weighted by molar-refractivity contribution is -0.120. The molecular formula is C26H28FN3O2. The van der Waals surface area contributed by atoms with Crippen LogP contribution in [0.5, 0.6) is 0 Å². The first-order chi connectivity index (χ1) is 15.4. The van der Waals surface area contributed by atoms with Crippen LogP contribution in [-0.2, 0) is 17.8 Å². The van der Waals surface area contributed by atoms with Gasteiger partial charge in [0.05, 0.1) is 13.0 Å². The summed E-state index contributed by atoms with van der Waals surface area (Å²) in [5.41, 5.74) is 2.96. The average molecular weight is 434 g/mol. The highest BCUT2D eigenvalue weighted by atomic mass is 19.1. The van der Waals surface area contributed by atoms with Gasteiger partial charge in [-0.3, -0.25) is 9.59 Å². The molecule has 3 rings (SSSR count). The molecule has 0 aliphatic heterocycles. The maximum atomic E-state index is 13.3. The molecule has 5 nitrogen and oxygen atoms in total. The zero-order valence-electron chi connectivity index (χ0n) is 18.4. The minimum absolute atomic E-state index is 0.0388. The first kappa shape index (κ1) is 23.2. The summed E-state index contributed by atoms with van der Waals surface area (Å²) in [4.78, 5) is 29.1. The zero-order valence-corrected chi connectivity index (χ0v) is 18.4. The van der Waals surface area contributed by atoms with Crippen LogP contribution in [-0.4, -0.2) is 43.9 Å². The molecule has 32 heavy (non-hydrogen) atoms. The van der Waals surface area contributed by atoms with E-state index in [0.717, 1.165) is 17.7 Å². The fourth-order valence-corrected chi connectivity index (χ4v) is 3.25. The first-order valence-corrected chi connectivity index (χ1v) is 10.5. The van der Waals surface area contributed by atoms with E-state index in [1.807, 2.05) is 61.5 Å². The van der Waals surface area contributed by atoms with Crippen molar-refractivity contribution in [2.45, 2.75) is 13.0 Å². The fraction of sp³-hybridized carbons (Fsp3) is 0.231. The van der Waals surface area contributed by atoms with Gasteiger partial charge >= 0.3 is 0 Å². The molecule has 0 spiro atoms. The molecule has 0 unspecified atom stereocenters. The van der Waals surface area contributed by atoms with E-state index in [0.29, 0.717) is 24.3 Å². The number of nitrogens with zero attached hydrogens (tertiary/aromatic N) is 2. The third-order valence-electron chi connectivity index (χ3n) is 5.01. The number of nitrogens with one attached hydrogen (secondary N) is 1. The summed E-state index contributed by atoms with van der Waals surface area (Å²) in [5, 5.41) is 2.90. The van der Waals surface area contributed by atoms with Gasteiger partial charge in [0.15, 0.2) is 0 Å². The third-order valence-corrected chi connectivity index (χ3v) is 5.01. The van der Waals surface area contributed by atoms with E-state index >= 15 is 0 Å². The predicted octanol–water partition coefficient (Wildman–Crippen LogP) is 3.89. The van der Waals surface area contributed by atoms with Gasteiger partial charge in [-0.25, -0.2) is 4.39 Å². The van der Waals surface area contributed by atoms with Crippen molar-refractivity contribution in [2.75, 3.05) is 32.1 Å². The van der Waals surface area contributed by atoms with Crippen LogP contribution in [0.2, 0.25) is 0 Å². The average Bonchev–Trinajstić information content (AvgIpc) is 2.79. The van der Waals surface area contributed by atoms with Gasteiger partial charge in [0.2, 0.25) is 5.91 Å². The van der Waals surface area contributed by atoms with Crippen molar-refractivity contribution in [3.8, 4) is 0 Å². The summed E-state index contributed by atoms with van der Waals surface area (Å²) >= 11 is 0. The molecule has 0 aliphatic carbocycles. The smallest absolute Gasteiger partial charge is 0.258 e.